The highest BCUT2D eigenvalue weighted by Crippen LogP contribution is 2.27. The normalized spacial score (nSPS) is 10.4. The van der Waals surface area contributed by atoms with Crippen molar-refractivity contribution in [2.24, 2.45) is 0 Å². The molecule has 3 rings (SSSR count). The summed E-state index contributed by atoms with van der Waals surface area (Å²) in [6, 6.07) is 7.61. The monoisotopic (exact) mass is 265 g/mol. The number of aromatic nitrogens is 4. The maximum absolute atomic E-state index is 5.74. The van der Waals surface area contributed by atoms with Crippen molar-refractivity contribution >= 4 is 11.9 Å². The smallest absolute Gasteiger partial charge is 0.270 e. The molecule has 0 atom stereocenters. The van der Waals surface area contributed by atoms with E-state index in [1.54, 1.807) is 6.08 Å². The van der Waals surface area contributed by atoms with E-state index in [9.17, 15) is 0 Å². The molecule has 0 unspecified atom stereocenters. The van der Waals surface area contributed by atoms with Gasteiger partial charge in [0.05, 0.1) is 0 Å². The Morgan fingerprint density at radius 3 is 2.60 bits per heavy atom. The molecule has 0 saturated carbocycles. The molecule has 0 fully saturated rings. The first-order chi connectivity index (χ1) is 9.79. The van der Waals surface area contributed by atoms with Crippen molar-refractivity contribution < 1.29 is 4.42 Å². The Hall–Kier alpha value is -3.02. The van der Waals surface area contributed by atoms with Crippen LogP contribution in [0.15, 0.2) is 47.7 Å². The fraction of sp³-hybridized carbons (Fsp3) is 0. The van der Waals surface area contributed by atoms with Gasteiger partial charge in [-0.2, -0.15) is 0 Å². The molecule has 1 aromatic carbocycles. The van der Waals surface area contributed by atoms with Crippen LogP contribution in [-0.2, 0) is 0 Å². The van der Waals surface area contributed by atoms with Gasteiger partial charge in [-0.15, -0.1) is 10.2 Å². The lowest BCUT2D eigenvalue weighted by atomic mass is 10.1. The summed E-state index contributed by atoms with van der Waals surface area (Å²) < 4.78 is 5.63. The highest BCUT2D eigenvalue weighted by atomic mass is 16.4. The van der Waals surface area contributed by atoms with Crippen LogP contribution in [0.2, 0.25) is 0 Å². The Kier molecular flexibility index (Phi) is 2.96. The Morgan fingerprint density at radius 2 is 1.80 bits per heavy atom. The Bertz CT molecular complexity index is 766. The van der Waals surface area contributed by atoms with Crippen molar-refractivity contribution in [1.82, 2.24) is 20.2 Å². The van der Waals surface area contributed by atoms with E-state index in [0.29, 0.717) is 11.6 Å². The van der Waals surface area contributed by atoms with E-state index in [2.05, 4.69) is 26.7 Å². The standard InChI is InChI=1S/C14H11N5O/c1-2-9-5-3-4-6-10(9)13-18-19-14(20-13)11-12(15)17-8-7-16-11/h2-8H,1H2,(H2,15,17). The van der Waals surface area contributed by atoms with E-state index in [1.807, 2.05) is 24.3 Å². The summed E-state index contributed by atoms with van der Waals surface area (Å²) in [6.07, 6.45) is 4.76. The lowest BCUT2D eigenvalue weighted by Gasteiger charge is -2.00. The van der Waals surface area contributed by atoms with Crippen molar-refractivity contribution in [3.63, 3.8) is 0 Å². The first-order valence-corrected chi connectivity index (χ1v) is 5.92. The molecule has 2 aromatic heterocycles. The average Bonchev–Trinajstić information content (AvgIpc) is 2.97. The highest BCUT2D eigenvalue weighted by molar-refractivity contribution is 5.70. The SMILES string of the molecule is C=Cc1ccccc1-c1nnc(-c2nccnc2N)o1. The predicted octanol–water partition coefficient (Wildman–Crippen LogP) is 2.42. The van der Waals surface area contributed by atoms with Gasteiger partial charge in [0.2, 0.25) is 5.89 Å². The Labute approximate surface area is 115 Å². The lowest BCUT2D eigenvalue weighted by molar-refractivity contribution is 0.582. The summed E-state index contributed by atoms with van der Waals surface area (Å²) in [5.74, 6) is 0.879. The van der Waals surface area contributed by atoms with Crippen molar-refractivity contribution in [1.29, 1.82) is 0 Å². The fourth-order valence-electron chi connectivity index (χ4n) is 1.81. The predicted molar refractivity (Wildman–Crippen MR) is 75.3 cm³/mol. The minimum absolute atomic E-state index is 0.240. The number of nitrogens with zero attached hydrogens (tertiary/aromatic N) is 4. The summed E-state index contributed by atoms with van der Waals surface area (Å²) in [7, 11) is 0. The van der Waals surface area contributed by atoms with E-state index in [4.69, 9.17) is 10.2 Å². The van der Waals surface area contributed by atoms with Gasteiger partial charge >= 0.3 is 0 Å². The molecule has 6 nitrogen and oxygen atoms in total. The van der Waals surface area contributed by atoms with Gasteiger partial charge in [0.25, 0.3) is 5.89 Å². The summed E-state index contributed by atoms with van der Waals surface area (Å²) in [6.45, 7) is 3.76. The van der Waals surface area contributed by atoms with Crippen LogP contribution in [0.4, 0.5) is 5.82 Å². The molecular weight excluding hydrogens is 254 g/mol. The van der Waals surface area contributed by atoms with Crippen molar-refractivity contribution in [2.45, 2.75) is 0 Å². The first kappa shape index (κ1) is 12.0. The van der Waals surface area contributed by atoms with E-state index < -0.39 is 0 Å². The molecule has 0 radical (unpaired) electrons. The van der Waals surface area contributed by atoms with Gasteiger partial charge in [-0.05, 0) is 11.6 Å². The van der Waals surface area contributed by atoms with Crippen LogP contribution in [0.5, 0.6) is 0 Å². The first-order valence-electron chi connectivity index (χ1n) is 5.92. The number of nitrogen functional groups attached to an aromatic ring is 1. The summed E-state index contributed by atoms with van der Waals surface area (Å²) in [4.78, 5) is 8.04. The van der Waals surface area contributed by atoms with E-state index in [0.717, 1.165) is 11.1 Å². The molecule has 2 heterocycles. The van der Waals surface area contributed by atoms with E-state index >= 15 is 0 Å². The minimum atomic E-state index is 0.240. The Morgan fingerprint density at radius 1 is 1.05 bits per heavy atom. The maximum Gasteiger partial charge on any atom is 0.270 e. The third kappa shape index (κ3) is 2.03. The third-order valence-corrected chi connectivity index (χ3v) is 2.77. The van der Waals surface area contributed by atoms with Crippen LogP contribution < -0.4 is 5.73 Å². The zero-order valence-electron chi connectivity index (χ0n) is 10.5. The zero-order chi connectivity index (χ0) is 13.9. The molecule has 0 aliphatic carbocycles. The van der Waals surface area contributed by atoms with E-state index in [-0.39, 0.29) is 11.7 Å². The van der Waals surface area contributed by atoms with Gasteiger partial charge in [-0.3, -0.25) is 0 Å². The molecule has 0 bridgehead atoms. The number of anilines is 1. The molecule has 3 aromatic rings. The fourth-order valence-corrected chi connectivity index (χ4v) is 1.81. The van der Waals surface area contributed by atoms with Crippen LogP contribution in [0, 0.1) is 0 Å². The van der Waals surface area contributed by atoms with Crippen molar-refractivity contribution in [3.8, 4) is 23.0 Å². The average molecular weight is 265 g/mol. The summed E-state index contributed by atoms with van der Waals surface area (Å²) in [5.41, 5.74) is 7.84. The molecule has 0 aliphatic heterocycles. The minimum Gasteiger partial charge on any atom is -0.414 e. The molecular formula is C14H11N5O. The summed E-state index contributed by atoms with van der Waals surface area (Å²) in [5, 5.41) is 7.99. The number of nitrogens with two attached hydrogens (primary N) is 1. The van der Waals surface area contributed by atoms with Gasteiger partial charge in [0.1, 0.15) is 0 Å². The van der Waals surface area contributed by atoms with Gasteiger partial charge in [-0.25, -0.2) is 9.97 Å². The van der Waals surface area contributed by atoms with Gasteiger partial charge < -0.3 is 10.2 Å². The molecule has 20 heavy (non-hydrogen) atoms. The van der Waals surface area contributed by atoms with Crippen molar-refractivity contribution in [3.05, 3.63) is 48.8 Å². The van der Waals surface area contributed by atoms with E-state index in [1.165, 1.54) is 12.4 Å². The second kappa shape index (κ2) is 4.93. The number of rotatable bonds is 3. The molecule has 98 valence electrons. The second-order valence-electron chi connectivity index (χ2n) is 3.99. The summed E-state index contributed by atoms with van der Waals surface area (Å²) >= 11 is 0. The van der Waals surface area contributed by atoms with Gasteiger partial charge in [0.15, 0.2) is 11.5 Å². The zero-order valence-corrected chi connectivity index (χ0v) is 10.5. The van der Waals surface area contributed by atoms with Crippen LogP contribution in [0.25, 0.3) is 29.1 Å². The van der Waals surface area contributed by atoms with Crippen molar-refractivity contribution in [2.75, 3.05) is 5.73 Å². The Balaban J connectivity index is 2.07. The van der Waals surface area contributed by atoms with Crippen LogP contribution in [-0.4, -0.2) is 20.2 Å². The quantitative estimate of drug-likeness (QED) is 0.782. The molecule has 0 spiro atoms. The van der Waals surface area contributed by atoms with Crippen LogP contribution in [0.3, 0.4) is 0 Å². The third-order valence-electron chi connectivity index (χ3n) is 2.77. The van der Waals surface area contributed by atoms with Crippen LogP contribution in [0.1, 0.15) is 5.56 Å². The van der Waals surface area contributed by atoms with Gasteiger partial charge in [0, 0.05) is 18.0 Å². The molecule has 0 amide bonds. The molecule has 0 aliphatic rings. The highest BCUT2D eigenvalue weighted by Gasteiger charge is 2.15. The van der Waals surface area contributed by atoms with Crippen LogP contribution >= 0.6 is 0 Å². The number of hydrogen-bond acceptors (Lipinski definition) is 6. The lowest BCUT2D eigenvalue weighted by Crippen LogP contribution is -1.95. The second-order valence-corrected chi connectivity index (χ2v) is 3.99. The molecule has 2 N–H and O–H groups in total. The topological polar surface area (TPSA) is 90.7 Å². The van der Waals surface area contributed by atoms with Gasteiger partial charge in [-0.1, -0.05) is 30.9 Å². The number of hydrogen-bond donors (Lipinski definition) is 1. The molecule has 0 saturated heterocycles. The number of benzene rings is 1. The molecule has 6 heteroatoms. The largest absolute Gasteiger partial charge is 0.414 e. The maximum atomic E-state index is 5.74.